The van der Waals surface area contributed by atoms with Crippen LogP contribution in [0.2, 0.25) is 0 Å². The molecule has 0 spiro atoms. The number of methoxy groups -OCH3 is 2. The van der Waals surface area contributed by atoms with E-state index >= 15 is 0 Å². The van der Waals surface area contributed by atoms with Crippen molar-refractivity contribution in [1.82, 2.24) is 4.90 Å². The zero-order valence-corrected chi connectivity index (χ0v) is 12.0. The molecule has 2 N–H and O–H groups in total. The minimum Gasteiger partial charge on any atom is -0.385 e. The maximum Gasteiger partial charge on any atom is 0.225 e. The Kier molecular flexibility index (Phi) is 11.0. The van der Waals surface area contributed by atoms with E-state index in [-0.39, 0.29) is 11.8 Å². The van der Waals surface area contributed by atoms with Crippen LogP contribution in [0.1, 0.15) is 26.2 Å². The molecule has 1 unspecified atom stereocenters. The van der Waals surface area contributed by atoms with Crippen LogP contribution in [0.25, 0.3) is 0 Å². The molecule has 1 atom stereocenters. The quantitative estimate of drug-likeness (QED) is 0.560. The van der Waals surface area contributed by atoms with Gasteiger partial charge in [-0.15, -0.1) is 0 Å². The van der Waals surface area contributed by atoms with E-state index in [4.69, 9.17) is 15.2 Å². The molecule has 0 rings (SSSR count). The van der Waals surface area contributed by atoms with Crippen molar-refractivity contribution in [2.24, 2.45) is 11.7 Å². The first kappa shape index (κ1) is 17.4. The standard InChI is InChI=1S/C13H28N2O3/c1-12(6-4-7-14)13(16)15(9-11-18-3)8-5-10-17-2/h12H,4-11,14H2,1-3H3. The predicted molar refractivity (Wildman–Crippen MR) is 72.4 cm³/mol. The molecule has 1 amide bonds. The van der Waals surface area contributed by atoms with Crippen LogP contribution >= 0.6 is 0 Å². The summed E-state index contributed by atoms with van der Waals surface area (Å²) in [7, 11) is 3.32. The smallest absolute Gasteiger partial charge is 0.225 e. The van der Waals surface area contributed by atoms with Crippen LogP contribution in [0.3, 0.4) is 0 Å². The fraction of sp³-hybridized carbons (Fsp3) is 0.923. The van der Waals surface area contributed by atoms with Gasteiger partial charge in [0.25, 0.3) is 0 Å². The molecule has 0 aliphatic rings. The van der Waals surface area contributed by atoms with E-state index in [1.807, 2.05) is 11.8 Å². The number of nitrogens with two attached hydrogens (primary N) is 1. The molecule has 0 aromatic carbocycles. The Labute approximate surface area is 111 Å². The summed E-state index contributed by atoms with van der Waals surface area (Å²) in [5.74, 6) is 0.226. The average molecular weight is 260 g/mol. The fourth-order valence-electron chi connectivity index (χ4n) is 1.79. The van der Waals surface area contributed by atoms with E-state index in [2.05, 4.69) is 0 Å². The fourth-order valence-corrected chi connectivity index (χ4v) is 1.79. The highest BCUT2D eigenvalue weighted by Gasteiger charge is 2.19. The highest BCUT2D eigenvalue weighted by Crippen LogP contribution is 2.10. The molecule has 5 heteroatoms. The van der Waals surface area contributed by atoms with Crippen molar-refractivity contribution in [2.45, 2.75) is 26.2 Å². The van der Waals surface area contributed by atoms with Crippen LogP contribution in [-0.2, 0) is 14.3 Å². The van der Waals surface area contributed by atoms with Crippen molar-refractivity contribution in [3.8, 4) is 0 Å². The van der Waals surface area contributed by atoms with E-state index in [0.29, 0.717) is 26.3 Å². The number of carbonyl (C=O) groups excluding carboxylic acids is 1. The van der Waals surface area contributed by atoms with Gasteiger partial charge in [0, 0.05) is 39.8 Å². The third-order valence-electron chi connectivity index (χ3n) is 2.92. The molecule has 0 bridgehead atoms. The monoisotopic (exact) mass is 260 g/mol. The van der Waals surface area contributed by atoms with Crippen LogP contribution in [-0.4, -0.2) is 57.9 Å². The molecule has 18 heavy (non-hydrogen) atoms. The number of ether oxygens (including phenoxy) is 2. The SMILES string of the molecule is COCCCN(CCOC)C(=O)C(C)CCCN. The molecular formula is C13H28N2O3. The summed E-state index contributed by atoms with van der Waals surface area (Å²) in [5, 5.41) is 0. The number of rotatable bonds is 11. The summed E-state index contributed by atoms with van der Waals surface area (Å²) in [5.41, 5.74) is 5.47. The second-order valence-corrected chi connectivity index (χ2v) is 4.50. The van der Waals surface area contributed by atoms with Gasteiger partial charge in [-0.05, 0) is 25.8 Å². The van der Waals surface area contributed by atoms with E-state index in [1.54, 1.807) is 14.2 Å². The molecule has 0 saturated heterocycles. The number of nitrogens with zero attached hydrogens (tertiary/aromatic N) is 1. The summed E-state index contributed by atoms with van der Waals surface area (Å²) >= 11 is 0. The lowest BCUT2D eigenvalue weighted by atomic mass is 10.0. The Hall–Kier alpha value is -0.650. The van der Waals surface area contributed by atoms with E-state index < -0.39 is 0 Å². The summed E-state index contributed by atoms with van der Waals surface area (Å²) < 4.78 is 10.1. The van der Waals surface area contributed by atoms with Crippen LogP contribution in [0.4, 0.5) is 0 Å². The molecule has 108 valence electrons. The van der Waals surface area contributed by atoms with Gasteiger partial charge in [-0.2, -0.15) is 0 Å². The summed E-state index contributed by atoms with van der Waals surface area (Å²) in [6.07, 6.45) is 2.60. The van der Waals surface area contributed by atoms with Crippen LogP contribution < -0.4 is 5.73 Å². The van der Waals surface area contributed by atoms with Gasteiger partial charge in [0.05, 0.1) is 6.61 Å². The van der Waals surface area contributed by atoms with Gasteiger partial charge in [-0.3, -0.25) is 4.79 Å². The Balaban J connectivity index is 4.19. The first-order valence-corrected chi connectivity index (χ1v) is 6.64. The van der Waals surface area contributed by atoms with Crippen LogP contribution in [0.5, 0.6) is 0 Å². The zero-order valence-electron chi connectivity index (χ0n) is 12.0. The Bertz CT molecular complexity index is 212. The molecule has 0 heterocycles. The third-order valence-corrected chi connectivity index (χ3v) is 2.92. The second-order valence-electron chi connectivity index (χ2n) is 4.50. The first-order valence-electron chi connectivity index (χ1n) is 6.64. The lowest BCUT2D eigenvalue weighted by Gasteiger charge is -2.25. The van der Waals surface area contributed by atoms with Crippen molar-refractivity contribution in [3.63, 3.8) is 0 Å². The normalized spacial score (nSPS) is 12.4. The van der Waals surface area contributed by atoms with Gasteiger partial charge in [0.1, 0.15) is 0 Å². The van der Waals surface area contributed by atoms with Crippen molar-refractivity contribution in [3.05, 3.63) is 0 Å². The molecular weight excluding hydrogens is 232 g/mol. The minimum absolute atomic E-state index is 0.0351. The Morgan fingerprint density at radius 2 is 1.83 bits per heavy atom. The van der Waals surface area contributed by atoms with Gasteiger partial charge < -0.3 is 20.1 Å². The zero-order chi connectivity index (χ0) is 13.8. The molecule has 0 saturated carbocycles. The molecule has 0 aromatic rings. The first-order chi connectivity index (χ1) is 8.67. The van der Waals surface area contributed by atoms with E-state index in [0.717, 1.165) is 25.8 Å². The lowest BCUT2D eigenvalue weighted by molar-refractivity contribution is -0.136. The molecule has 0 fully saturated rings. The van der Waals surface area contributed by atoms with Crippen molar-refractivity contribution < 1.29 is 14.3 Å². The number of hydrogen-bond donors (Lipinski definition) is 1. The summed E-state index contributed by atoms with van der Waals surface area (Å²) in [6.45, 7) is 5.22. The highest BCUT2D eigenvalue weighted by atomic mass is 16.5. The maximum absolute atomic E-state index is 12.2. The van der Waals surface area contributed by atoms with Crippen molar-refractivity contribution in [2.75, 3.05) is 47.1 Å². The van der Waals surface area contributed by atoms with Gasteiger partial charge in [0.15, 0.2) is 0 Å². The Morgan fingerprint density at radius 3 is 2.39 bits per heavy atom. The highest BCUT2D eigenvalue weighted by molar-refractivity contribution is 5.78. The molecule has 5 nitrogen and oxygen atoms in total. The van der Waals surface area contributed by atoms with Crippen molar-refractivity contribution >= 4 is 5.91 Å². The Morgan fingerprint density at radius 1 is 1.17 bits per heavy atom. The largest absolute Gasteiger partial charge is 0.385 e. The minimum atomic E-state index is 0.0351. The van der Waals surface area contributed by atoms with Gasteiger partial charge in [-0.25, -0.2) is 0 Å². The molecule has 0 radical (unpaired) electrons. The lowest BCUT2D eigenvalue weighted by Crippen LogP contribution is -2.38. The number of amides is 1. The average Bonchev–Trinajstić information content (AvgIpc) is 2.39. The van der Waals surface area contributed by atoms with E-state index in [9.17, 15) is 4.79 Å². The molecule has 0 aromatic heterocycles. The van der Waals surface area contributed by atoms with Crippen molar-refractivity contribution in [1.29, 1.82) is 0 Å². The second kappa shape index (κ2) is 11.4. The van der Waals surface area contributed by atoms with Crippen LogP contribution in [0, 0.1) is 5.92 Å². The maximum atomic E-state index is 12.2. The topological polar surface area (TPSA) is 64.8 Å². The van der Waals surface area contributed by atoms with Gasteiger partial charge in [0.2, 0.25) is 5.91 Å². The van der Waals surface area contributed by atoms with E-state index in [1.165, 1.54) is 0 Å². The summed E-state index contributed by atoms with van der Waals surface area (Å²) in [4.78, 5) is 14.1. The van der Waals surface area contributed by atoms with Gasteiger partial charge in [-0.1, -0.05) is 6.92 Å². The number of carbonyl (C=O) groups is 1. The van der Waals surface area contributed by atoms with Crippen LogP contribution in [0.15, 0.2) is 0 Å². The summed E-state index contributed by atoms with van der Waals surface area (Å²) in [6, 6.07) is 0. The predicted octanol–water partition coefficient (Wildman–Crippen LogP) is 0.873. The van der Waals surface area contributed by atoms with Gasteiger partial charge >= 0.3 is 0 Å². The number of hydrogen-bond acceptors (Lipinski definition) is 4. The molecule has 0 aliphatic heterocycles. The molecule has 0 aliphatic carbocycles. The third kappa shape index (κ3) is 7.63.